The molecule has 2 rings (SSSR count). The maximum Gasteiger partial charge on any atom is 0.140 e. The summed E-state index contributed by atoms with van der Waals surface area (Å²) < 4.78 is 13.8. The number of pyridine rings is 1. The Morgan fingerprint density at radius 3 is 2.83 bits per heavy atom. The van der Waals surface area contributed by atoms with Crippen LogP contribution in [-0.2, 0) is 5.67 Å². The Morgan fingerprint density at radius 2 is 2.33 bits per heavy atom. The Kier molecular flexibility index (Phi) is 1.61. The first-order valence-corrected chi connectivity index (χ1v) is 4.06. The SMILES string of the molecule is NC1CC(F)(c2cccnc2)C1. The largest absolute Gasteiger partial charge is 0.327 e. The zero-order valence-electron chi connectivity index (χ0n) is 6.70. The number of rotatable bonds is 1. The lowest BCUT2D eigenvalue weighted by Crippen LogP contribution is -2.46. The molecule has 1 fully saturated rings. The van der Waals surface area contributed by atoms with Crippen LogP contribution >= 0.6 is 0 Å². The van der Waals surface area contributed by atoms with Crippen molar-refractivity contribution in [1.29, 1.82) is 0 Å². The molecule has 0 unspecified atom stereocenters. The zero-order valence-corrected chi connectivity index (χ0v) is 6.70. The van der Waals surface area contributed by atoms with Crippen LogP contribution in [0.3, 0.4) is 0 Å². The highest BCUT2D eigenvalue weighted by atomic mass is 19.1. The summed E-state index contributed by atoms with van der Waals surface area (Å²) in [7, 11) is 0. The molecule has 1 saturated carbocycles. The smallest absolute Gasteiger partial charge is 0.140 e. The van der Waals surface area contributed by atoms with Gasteiger partial charge in [0.2, 0.25) is 0 Å². The summed E-state index contributed by atoms with van der Waals surface area (Å²) in [5.41, 5.74) is 4.99. The summed E-state index contributed by atoms with van der Waals surface area (Å²) in [5.74, 6) is 0. The van der Waals surface area contributed by atoms with Crippen molar-refractivity contribution in [2.45, 2.75) is 24.6 Å². The molecule has 0 atom stereocenters. The molecular formula is C9H11FN2. The quantitative estimate of drug-likeness (QED) is 0.684. The fraction of sp³-hybridized carbons (Fsp3) is 0.444. The number of alkyl halides is 1. The minimum absolute atomic E-state index is 0.0233. The molecular weight excluding hydrogens is 155 g/mol. The van der Waals surface area contributed by atoms with Gasteiger partial charge in [0.1, 0.15) is 5.67 Å². The fourth-order valence-electron chi connectivity index (χ4n) is 1.63. The topological polar surface area (TPSA) is 38.9 Å². The number of halogens is 1. The lowest BCUT2D eigenvalue weighted by atomic mass is 9.74. The maximum absolute atomic E-state index is 13.8. The van der Waals surface area contributed by atoms with E-state index in [4.69, 9.17) is 5.73 Å². The number of hydrogen-bond acceptors (Lipinski definition) is 2. The van der Waals surface area contributed by atoms with Gasteiger partial charge in [0.25, 0.3) is 0 Å². The van der Waals surface area contributed by atoms with Crippen molar-refractivity contribution in [2.24, 2.45) is 5.73 Å². The second-order valence-electron chi connectivity index (χ2n) is 3.38. The van der Waals surface area contributed by atoms with E-state index in [1.165, 1.54) is 0 Å². The molecule has 0 aromatic carbocycles. The molecule has 1 heterocycles. The van der Waals surface area contributed by atoms with Gasteiger partial charge >= 0.3 is 0 Å². The van der Waals surface area contributed by atoms with Crippen molar-refractivity contribution in [1.82, 2.24) is 4.98 Å². The van der Waals surface area contributed by atoms with Gasteiger partial charge in [-0.15, -0.1) is 0 Å². The zero-order chi connectivity index (χ0) is 8.60. The molecule has 1 aliphatic rings. The Labute approximate surface area is 70.6 Å². The van der Waals surface area contributed by atoms with Gasteiger partial charge in [-0.1, -0.05) is 6.07 Å². The molecule has 0 spiro atoms. The number of hydrogen-bond donors (Lipinski definition) is 1. The van der Waals surface area contributed by atoms with Gasteiger partial charge in [0, 0.05) is 36.8 Å². The van der Waals surface area contributed by atoms with Crippen LogP contribution in [0.4, 0.5) is 4.39 Å². The van der Waals surface area contributed by atoms with Gasteiger partial charge in [-0.05, 0) is 6.07 Å². The van der Waals surface area contributed by atoms with E-state index in [-0.39, 0.29) is 6.04 Å². The monoisotopic (exact) mass is 166 g/mol. The molecule has 64 valence electrons. The van der Waals surface area contributed by atoms with Crippen molar-refractivity contribution >= 4 is 0 Å². The predicted molar refractivity (Wildman–Crippen MR) is 44.2 cm³/mol. The van der Waals surface area contributed by atoms with Crippen molar-refractivity contribution in [3.63, 3.8) is 0 Å². The van der Waals surface area contributed by atoms with E-state index < -0.39 is 5.67 Å². The summed E-state index contributed by atoms with van der Waals surface area (Å²) in [4.78, 5) is 3.88. The highest BCUT2D eigenvalue weighted by Gasteiger charge is 2.44. The third-order valence-electron chi connectivity index (χ3n) is 2.35. The molecule has 1 aliphatic carbocycles. The minimum atomic E-state index is -1.20. The number of aromatic nitrogens is 1. The van der Waals surface area contributed by atoms with Gasteiger partial charge in [0.15, 0.2) is 0 Å². The van der Waals surface area contributed by atoms with Crippen LogP contribution in [0.15, 0.2) is 24.5 Å². The molecule has 2 N–H and O–H groups in total. The highest BCUT2D eigenvalue weighted by molar-refractivity contribution is 5.22. The lowest BCUT2D eigenvalue weighted by molar-refractivity contribution is 0.0402. The Hall–Kier alpha value is -0.960. The van der Waals surface area contributed by atoms with Crippen LogP contribution in [0.2, 0.25) is 0 Å². The summed E-state index contributed by atoms with van der Waals surface area (Å²) in [6.45, 7) is 0. The van der Waals surface area contributed by atoms with Gasteiger partial charge < -0.3 is 5.73 Å². The average Bonchev–Trinajstić information content (AvgIpc) is 2.04. The molecule has 2 nitrogen and oxygen atoms in total. The van der Waals surface area contributed by atoms with E-state index in [0.717, 1.165) is 0 Å². The van der Waals surface area contributed by atoms with E-state index in [2.05, 4.69) is 4.98 Å². The van der Waals surface area contributed by atoms with Crippen LogP contribution in [0.25, 0.3) is 0 Å². The Morgan fingerprint density at radius 1 is 1.58 bits per heavy atom. The maximum atomic E-state index is 13.8. The van der Waals surface area contributed by atoms with E-state index in [1.54, 1.807) is 24.5 Å². The first-order valence-electron chi connectivity index (χ1n) is 4.06. The predicted octanol–water partition coefficient (Wildman–Crippen LogP) is 1.37. The normalized spacial score (nSPS) is 34.3. The van der Waals surface area contributed by atoms with E-state index in [9.17, 15) is 4.39 Å². The van der Waals surface area contributed by atoms with Crippen molar-refractivity contribution in [3.05, 3.63) is 30.1 Å². The fourth-order valence-corrected chi connectivity index (χ4v) is 1.63. The first-order chi connectivity index (χ1) is 5.71. The third kappa shape index (κ3) is 1.10. The van der Waals surface area contributed by atoms with Crippen LogP contribution in [0.5, 0.6) is 0 Å². The second kappa shape index (κ2) is 2.52. The number of nitrogens with two attached hydrogens (primary N) is 1. The van der Waals surface area contributed by atoms with Gasteiger partial charge in [-0.2, -0.15) is 0 Å². The first kappa shape index (κ1) is 7.68. The second-order valence-corrected chi connectivity index (χ2v) is 3.38. The molecule has 0 amide bonds. The van der Waals surface area contributed by atoms with Gasteiger partial charge in [-0.25, -0.2) is 4.39 Å². The van der Waals surface area contributed by atoms with Crippen LogP contribution in [0.1, 0.15) is 18.4 Å². The average molecular weight is 166 g/mol. The van der Waals surface area contributed by atoms with Crippen molar-refractivity contribution in [2.75, 3.05) is 0 Å². The highest BCUT2D eigenvalue weighted by Crippen LogP contribution is 2.43. The van der Waals surface area contributed by atoms with Crippen molar-refractivity contribution in [3.8, 4) is 0 Å². The van der Waals surface area contributed by atoms with Gasteiger partial charge in [-0.3, -0.25) is 4.98 Å². The number of nitrogens with zero attached hydrogens (tertiary/aromatic N) is 1. The summed E-state index contributed by atoms with van der Waals surface area (Å²) in [5, 5.41) is 0. The standard InChI is InChI=1S/C9H11FN2/c10-9(4-8(11)5-9)7-2-1-3-12-6-7/h1-3,6,8H,4-5,11H2. The Bertz CT molecular complexity index is 267. The van der Waals surface area contributed by atoms with Crippen LogP contribution in [0, 0.1) is 0 Å². The molecule has 12 heavy (non-hydrogen) atoms. The van der Waals surface area contributed by atoms with E-state index in [1.807, 2.05) is 0 Å². The van der Waals surface area contributed by atoms with E-state index >= 15 is 0 Å². The van der Waals surface area contributed by atoms with Crippen molar-refractivity contribution < 1.29 is 4.39 Å². The van der Waals surface area contributed by atoms with Crippen LogP contribution in [-0.4, -0.2) is 11.0 Å². The minimum Gasteiger partial charge on any atom is -0.327 e. The van der Waals surface area contributed by atoms with Gasteiger partial charge in [0.05, 0.1) is 0 Å². The molecule has 1 aromatic rings. The molecule has 1 aromatic heterocycles. The summed E-state index contributed by atoms with van der Waals surface area (Å²) >= 11 is 0. The van der Waals surface area contributed by atoms with E-state index in [0.29, 0.717) is 18.4 Å². The molecule has 0 saturated heterocycles. The molecule has 0 aliphatic heterocycles. The molecule has 0 bridgehead atoms. The molecule has 3 heteroatoms. The summed E-state index contributed by atoms with van der Waals surface area (Å²) in [6.07, 6.45) is 4.08. The lowest BCUT2D eigenvalue weighted by Gasteiger charge is -2.39. The Balaban J connectivity index is 2.21. The summed E-state index contributed by atoms with van der Waals surface area (Å²) in [6, 6.07) is 3.54. The molecule has 0 radical (unpaired) electrons. The van der Waals surface area contributed by atoms with Crippen LogP contribution < -0.4 is 5.73 Å². The third-order valence-corrected chi connectivity index (χ3v) is 2.35.